The Morgan fingerprint density at radius 1 is 1.13 bits per heavy atom. The van der Waals surface area contributed by atoms with Gasteiger partial charge >= 0.3 is 0 Å². The maximum Gasteiger partial charge on any atom is 0.238 e. The Morgan fingerprint density at radius 3 is 2.68 bits per heavy atom. The number of aryl methyl sites for hydroxylation is 1. The lowest BCUT2D eigenvalue weighted by Gasteiger charge is -2.27. The van der Waals surface area contributed by atoms with Crippen molar-refractivity contribution in [1.82, 2.24) is 0 Å². The Hall–Kier alpha value is -2.27. The van der Waals surface area contributed by atoms with Crippen LogP contribution in [-0.2, 0) is 16.0 Å². The summed E-state index contributed by atoms with van der Waals surface area (Å²) in [6, 6.07) is 16.2. The first kappa shape index (κ1) is 23.4. The number of thioether (sulfide) groups is 1. The average molecular weight is 439 g/mol. The Balaban J connectivity index is 1.83. The van der Waals surface area contributed by atoms with Gasteiger partial charge in [0.2, 0.25) is 11.8 Å². The van der Waals surface area contributed by atoms with Crippen molar-refractivity contribution < 1.29 is 9.59 Å². The van der Waals surface area contributed by atoms with Crippen molar-refractivity contribution in [2.45, 2.75) is 64.7 Å². The third-order valence-electron chi connectivity index (χ3n) is 5.85. The fraction of sp³-hybridized carbons (Fsp3) is 0.462. The van der Waals surface area contributed by atoms with Crippen LogP contribution in [0, 0.1) is 5.92 Å². The highest BCUT2D eigenvalue weighted by atomic mass is 32.2. The summed E-state index contributed by atoms with van der Waals surface area (Å²) in [6.45, 7) is 6.38. The van der Waals surface area contributed by atoms with Crippen LogP contribution >= 0.6 is 11.8 Å². The summed E-state index contributed by atoms with van der Waals surface area (Å²) in [7, 11) is 0. The first-order valence-corrected chi connectivity index (χ1v) is 12.6. The van der Waals surface area contributed by atoms with Gasteiger partial charge in [-0.3, -0.25) is 14.5 Å². The van der Waals surface area contributed by atoms with E-state index in [2.05, 4.69) is 38.2 Å². The Morgan fingerprint density at radius 2 is 1.94 bits per heavy atom. The summed E-state index contributed by atoms with van der Waals surface area (Å²) < 4.78 is 0. The second-order valence-corrected chi connectivity index (χ2v) is 9.24. The monoisotopic (exact) mass is 438 g/mol. The van der Waals surface area contributed by atoms with Crippen LogP contribution in [0.15, 0.2) is 48.5 Å². The molecule has 1 fully saturated rings. The number of unbranched alkanes of at least 4 members (excludes halogenated alkanes) is 1. The van der Waals surface area contributed by atoms with Crippen molar-refractivity contribution >= 4 is 35.0 Å². The number of rotatable bonds is 10. The van der Waals surface area contributed by atoms with Crippen LogP contribution in [0.2, 0.25) is 0 Å². The Labute approximate surface area is 190 Å². The summed E-state index contributed by atoms with van der Waals surface area (Å²) in [5.74, 6) is 0.742. The highest BCUT2D eigenvalue weighted by Gasteiger charge is 2.35. The van der Waals surface area contributed by atoms with Crippen molar-refractivity contribution in [3.8, 4) is 0 Å². The minimum Gasteiger partial charge on any atom is -0.326 e. The molecule has 1 saturated heterocycles. The van der Waals surface area contributed by atoms with Gasteiger partial charge in [0.15, 0.2) is 0 Å². The normalized spacial score (nSPS) is 17.1. The van der Waals surface area contributed by atoms with Gasteiger partial charge in [0.1, 0.15) is 5.37 Å². The average Bonchev–Trinajstić information content (AvgIpc) is 3.16. The number of anilines is 2. The van der Waals surface area contributed by atoms with Crippen LogP contribution in [0.4, 0.5) is 11.4 Å². The molecule has 2 aromatic carbocycles. The molecule has 0 aliphatic carbocycles. The number of carbonyl (C=O) groups excluding carboxylic acids is 2. The van der Waals surface area contributed by atoms with Crippen LogP contribution in [0.5, 0.6) is 0 Å². The van der Waals surface area contributed by atoms with Crippen molar-refractivity contribution in [3.63, 3.8) is 0 Å². The summed E-state index contributed by atoms with van der Waals surface area (Å²) in [5.41, 5.74) is 4.06. The largest absolute Gasteiger partial charge is 0.326 e. The number of nitrogens with one attached hydrogen (secondary N) is 1. The number of para-hydroxylation sites is 1. The van der Waals surface area contributed by atoms with E-state index in [0.717, 1.165) is 55.5 Å². The molecule has 1 heterocycles. The SMILES string of the molecule is CCCCC(CC)C(=O)Nc1cccc(C2SCC(=O)N2c2ccccc2CCC)c1. The molecule has 5 heteroatoms. The van der Waals surface area contributed by atoms with Gasteiger partial charge in [-0.25, -0.2) is 0 Å². The van der Waals surface area contributed by atoms with Gasteiger partial charge in [-0.1, -0.05) is 70.4 Å². The van der Waals surface area contributed by atoms with Crippen molar-refractivity contribution in [3.05, 3.63) is 59.7 Å². The van der Waals surface area contributed by atoms with Crippen LogP contribution in [0.3, 0.4) is 0 Å². The number of carbonyl (C=O) groups is 2. The maximum absolute atomic E-state index is 12.8. The zero-order valence-electron chi connectivity index (χ0n) is 18.9. The van der Waals surface area contributed by atoms with Gasteiger partial charge in [0.05, 0.1) is 5.75 Å². The van der Waals surface area contributed by atoms with Gasteiger partial charge in [0, 0.05) is 17.3 Å². The highest BCUT2D eigenvalue weighted by molar-refractivity contribution is 8.00. The Bertz CT molecular complexity index is 898. The van der Waals surface area contributed by atoms with Crippen LogP contribution in [-0.4, -0.2) is 17.6 Å². The molecule has 0 bridgehead atoms. The summed E-state index contributed by atoms with van der Waals surface area (Å²) in [4.78, 5) is 27.5. The molecule has 1 aliphatic rings. The molecule has 31 heavy (non-hydrogen) atoms. The van der Waals surface area contributed by atoms with E-state index in [4.69, 9.17) is 0 Å². The molecule has 2 aromatic rings. The standard InChI is InChI=1S/C26H34N2O2S/c1-4-7-12-19(6-3)25(30)27-22-15-10-14-21(17-22)26-28(24(29)18-31-26)23-16-9-8-13-20(23)11-5-2/h8-10,13-17,19,26H,4-7,11-12,18H2,1-3H3,(H,27,30). The molecule has 2 atom stereocenters. The third kappa shape index (κ3) is 5.70. The number of hydrogen-bond acceptors (Lipinski definition) is 3. The minimum absolute atomic E-state index is 0.0449. The quantitative estimate of drug-likeness (QED) is 0.456. The van der Waals surface area contributed by atoms with E-state index in [0.29, 0.717) is 5.75 Å². The second-order valence-electron chi connectivity index (χ2n) is 8.17. The van der Waals surface area contributed by atoms with E-state index in [1.165, 1.54) is 5.56 Å². The summed E-state index contributed by atoms with van der Waals surface area (Å²) >= 11 is 1.65. The molecule has 1 N–H and O–H groups in total. The van der Waals surface area contributed by atoms with E-state index in [1.807, 2.05) is 41.3 Å². The molecular formula is C26H34N2O2S. The Kier molecular flexibility index (Phi) is 8.59. The van der Waals surface area contributed by atoms with Gasteiger partial charge < -0.3 is 5.32 Å². The van der Waals surface area contributed by atoms with Crippen LogP contribution < -0.4 is 10.2 Å². The summed E-state index contributed by atoms with van der Waals surface area (Å²) in [5, 5.41) is 3.03. The molecular weight excluding hydrogens is 404 g/mol. The summed E-state index contributed by atoms with van der Waals surface area (Å²) in [6.07, 6.45) is 5.92. The third-order valence-corrected chi connectivity index (χ3v) is 7.06. The maximum atomic E-state index is 12.8. The van der Waals surface area contributed by atoms with Gasteiger partial charge in [-0.05, 0) is 48.6 Å². The van der Waals surface area contributed by atoms with Gasteiger partial charge in [-0.15, -0.1) is 11.8 Å². The molecule has 0 radical (unpaired) electrons. The molecule has 3 rings (SSSR count). The van der Waals surface area contributed by atoms with E-state index < -0.39 is 0 Å². The molecule has 0 saturated carbocycles. The zero-order chi connectivity index (χ0) is 22.2. The van der Waals surface area contributed by atoms with E-state index in [1.54, 1.807) is 11.8 Å². The molecule has 0 aromatic heterocycles. The topological polar surface area (TPSA) is 49.4 Å². The molecule has 2 unspecified atom stereocenters. The second kappa shape index (κ2) is 11.4. The van der Waals surface area contributed by atoms with Crippen LogP contribution in [0.1, 0.15) is 69.4 Å². The van der Waals surface area contributed by atoms with Crippen LogP contribution in [0.25, 0.3) is 0 Å². The lowest BCUT2D eigenvalue weighted by atomic mass is 9.98. The number of amides is 2. The van der Waals surface area contributed by atoms with Gasteiger partial charge in [0.25, 0.3) is 0 Å². The van der Waals surface area contributed by atoms with Gasteiger partial charge in [-0.2, -0.15) is 0 Å². The van der Waals surface area contributed by atoms with Crippen molar-refractivity contribution in [2.75, 3.05) is 16.0 Å². The number of benzene rings is 2. The van der Waals surface area contributed by atoms with Crippen molar-refractivity contribution in [2.24, 2.45) is 5.92 Å². The lowest BCUT2D eigenvalue weighted by molar-refractivity contribution is -0.120. The minimum atomic E-state index is -0.0792. The van der Waals surface area contributed by atoms with Crippen molar-refractivity contribution in [1.29, 1.82) is 0 Å². The molecule has 0 spiro atoms. The van der Waals surface area contributed by atoms with E-state index >= 15 is 0 Å². The highest BCUT2D eigenvalue weighted by Crippen LogP contribution is 2.43. The fourth-order valence-corrected chi connectivity index (χ4v) is 5.30. The van der Waals surface area contributed by atoms with E-state index in [9.17, 15) is 9.59 Å². The molecule has 2 amide bonds. The molecule has 1 aliphatic heterocycles. The fourth-order valence-electron chi connectivity index (χ4n) is 4.14. The predicted octanol–water partition coefficient (Wildman–Crippen LogP) is 6.57. The number of nitrogens with zero attached hydrogens (tertiary/aromatic N) is 1. The lowest BCUT2D eigenvalue weighted by Crippen LogP contribution is -2.29. The van der Waals surface area contributed by atoms with E-state index in [-0.39, 0.29) is 23.1 Å². The first-order valence-electron chi connectivity index (χ1n) is 11.5. The zero-order valence-corrected chi connectivity index (χ0v) is 19.7. The predicted molar refractivity (Wildman–Crippen MR) is 131 cm³/mol. The first-order chi connectivity index (χ1) is 15.1. The molecule has 166 valence electrons. The smallest absolute Gasteiger partial charge is 0.238 e. The number of hydrogen-bond donors (Lipinski definition) is 1. The molecule has 4 nitrogen and oxygen atoms in total.